The molecule has 158 valence electrons. The lowest BCUT2D eigenvalue weighted by Crippen LogP contribution is -2.34. The van der Waals surface area contributed by atoms with E-state index >= 15 is 0 Å². The number of aromatic carboxylic acids is 1. The van der Waals surface area contributed by atoms with Crippen LogP contribution in [0, 0.1) is 6.92 Å². The van der Waals surface area contributed by atoms with Gasteiger partial charge in [-0.1, -0.05) is 0 Å². The molecule has 29 heavy (non-hydrogen) atoms. The zero-order chi connectivity index (χ0) is 21.9. The molecule has 0 unspecified atom stereocenters. The van der Waals surface area contributed by atoms with Crippen LogP contribution in [0.15, 0.2) is 9.80 Å². The van der Waals surface area contributed by atoms with Crippen molar-refractivity contribution in [2.24, 2.45) is 0 Å². The number of oxazole rings is 1. The number of hydrogen-bond donors (Lipinski definition) is 3. The van der Waals surface area contributed by atoms with Gasteiger partial charge in [-0.3, -0.25) is 4.79 Å². The maximum Gasteiger partial charge on any atom is 0.408 e. The molecule has 0 radical (unpaired) electrons. The molecule has 0 aliphatic carbocycles. The van der Waals surface area contributed by atoms with Crippen LogP contribution in [-0.4, -0.2) is 38.6 Å². The van der Waals surface area contributed by atoms with Gasteiger partial charge in [0.2, 0.25) is 5.89 Å². The zero-order valence-electron chi connectivity index (χ0n) is 17.0. The van der Waals surface area contributed by atoms with Crippen LogP contribution in [0.25, 0.3) is 0 Å². The molecule has 0 saturated heterocycles. The molecular weight excluding hydrogens is 400 g/mol. The number of thiazole rings is 1. The fraction of sp³-hybridized carbons (Fsp3) is 0.500. The second-order valence-electron chi connectivity index (χ2n) is 7.40. The van der Waals surface area contributed by atoms with Gasteiger partial charge < -0.3 is 24.9 Å². The molecule has 2 rings (SSSR count). The van der Waals surface area contributed by atoms with Crippen molar-refractivity contribution < 1.29 is 28.6 Å². The van der Waals surface area contributed by atoms with Crippen molar-refractivity contribution in [1.82, 2.24) is 20.6 Å². The van der Waals surface area contributed by atoms with E-state index in [1.807, 2.05) is 0 Å². The summed E-state index contributed by atoms with van der Waals surface area (Å²) in [5.41, 5.74) is -0.650. The van der Waals surface area contributed by atoms with Crippen LogP contribution in [0.5, 0.6) is 0 Å². The summed E-state index contributed by atoms with van der Waals surface area (Å²) in [7, 11) is 0. The van der Waals surface area contributed by atoms with Gasteiger partial charge in [0.15, 0.2) is 5.69 Å². The normalized spacial score (nSPS) is 13.4. The van der Waals surface area contributed by atoms with Crippen LogP contribution in [0.3, 0.4) is 0 Å². The second kappa shape index (κ2) is 8.60. The summed E-state index contributed by atoms with van der Waals surface area (Å²) in [5.74, 6) is -1.43. The molecule has 0 aliphatic rings. The van der Waals surface area contributed by atoms with E-state index in [1.54, 1.807) is 40.0 Å². The number of amides is 2. The summed E-state index contributed by atoms with van der Waals surface area (Å²) in [4.78, 5) is 43.5. The van der Waals surface area contributed by atoms with Crippen LogP contribution in [0.2, 0.25) is 0 Å². The third-order valence-electron chi connectivity index (χ3n) is 3.59. The molecule has 2 heterocycles. The molecule has 2 aromatic heterocycles. The van der Waals surface area contributed by atoms with E-state index in [4.69, 9.17) is 14.3 Å². The molecule has 0 bridgehead atoms. The fourth-order valence-electron chi connectivity index (χ4n) is 2.27. The summed E-state index contributed by atoms with van der Waals surface area (Å²) in [6.07, 6.45) is -0.576. The van der Waals surface area contributed by atoms with Crippen LogP contribution in [0.1, 0.15) is 84.3 Å². The molecule has 2 atom stereocenters. The van der Waals surface area contributed by atoms with Gasteiger partial charge in [0, 0.05) is 5.38 Å². The Balaban J connectivity index is 2.00. The SMILES string of the molecule is Cc1oc([C@@H](C)NC(=O)c2csc([C@@H](C)NC(=O)OC(C)(C)C)n2)nc1C(=O)O. The van der Waals surface area contributed by atoms with Crippen molar-refractivity contribution in [1.29, 1.82) is 0 Å². The lowest BCUT2D eigenvalue weighted by atomic mass is 10.2. The van der Waals surface area contributed by atoms with Gasteiger partial charge >= 0.3 is 12.1 Å². The van der Waals surface area contributed by atoms with Gasteiger partial charge in [-0.2, -0.15) is 0 Å². The van der Waals surface area contributed by atoms with E-state index < -0.39 is 35.7 Å². The molecule has 2 amide bonds. The molecular formula is C18H24N4O6S. The number of alkyl carbamates (subject to hydrolysis) is 1. The summed E-state index contributed by atoms with van der Waals surface area (Å²) < 4.78 is 10.5. The Morgan fingerprint density at radius 1 is 1.17 bits per heavy atom. The van der Waals surface area contributed by atoms with Gasteiger partial charge in [0.25, 0.3) is 5.91 Å². The number of hydrogen-bond acceptors (Lipinski definition) is 8. The molecule has 0 aromatic carbocycles. The topological polar surface area (TPSA) is 144 Å². The van der Waals surface area contributed by atoms with Gasteiger partial charge in [0.1, 0.15) is 28.1 Å². The zero-order valence-corrected chi connectivity index (χ0v) is 17.8. The van der Waals surface area contributed by atoms with Crippen LogP contribution < -0.4 is 10.6 Å². The van der Waals surface area contributed by atoms with E-state index in [0.29, 0.717) is 5.01 Å². The van der Waals surface area contributed by atoms with Crippen molar-refractivity contribution in [3.05, 3.63) is 33.4 Å². The number of carbonyl (C=O) groups is 3. The average molecular weight is 424 g/mol. The Kier molecular flexibility index (Phi) is 6.62. The van der Waals surface area contributed by atoms with Crippen LogP contribution in [0.4, 0.5) is 4.79 Å². The maximum atomic E-state index is 12.4. The Bertz CT molecular complexity index is 914. The second-order valence-corrected chi connectivity index (χ2v) is 8.29. The number of nitrogens with one attached hydrogen (secondary N) is 2. The number of carbonyl (C=O) groups excluding carboxylic acids is 2. The number of aromatic nitrogens is 2. The smallest absolute Gasteiger partial charge is 0.408 e. The molecule has 2 aromatic rings. The van der Waals surface area contributed by atoms with Crippen LogP contribution in [-0.2, 0) is 4.74 Å². The monoisotopic (exact) mass is 424 g/mol. The molecule has 0 saturated carbocycles. The number of rotatable bonds is 6. The summed E-state index contributed by atoms with van der Waals surface area (Å²) in [6.45, 7) is 10.1. The minimum absolute atomic E-state index is 0.0867. The number of carboxylic acid groups (broad SMARTS) is 1. The average Bonchev–Trinajstić information content (AvgIpc) is 3.19. The highest BCUT2D eigenvalue weighted by atomic mass is 32.1. The predicted octanol–water partition coefficient (Wildman–Crippen LogP) is 3.21. The van der Waals surface area contributed by atoms with Gasteiger partial charge in [-0.05, 0) is 41.5 Å². The standard InChI is InChI=1S/C18H24N4O6S/c1-8(14-22-12(16(24)25)10(3)27-14)19-13(23)11-7-29-15(21-11)9(2)20-17(26)28-18(4,5)6/h7-9H,1-6H3,(H,19,23)(H,20,26)(H,24,25)/t8-,9-/m1/s1. The Morgan fingerprint density at radius 3 is 2.38 bits per heavy atom. The molecule has 11 heteroatoms. The van der Waals surface area contributed by atoms with E-state index in [1.165, 1.54) is 18.3 Å². The highest BCUT2D eigenvalue weighted by molar-refractivity contribution is 7.09. The van der Waals surface area contributed by atoms with Crippen molar-refractivity contribution in [3.8, 4) is 0 Å². The van der Waals surface area contributed by atoms with Crippen molar-refractivity contribution in [3.63, 3.8) is 0 Å². The molecule has 0 fully saturated rings. The Morgan fingerprint density at radius 2 is 1.83 bits per heavy atom. The first-order valence-electron chi connectivity index (χ1n) is 8.83. The van der Waals surface area contributed by atoms with E-state index in [2.05, 4.69) is 20.6 Å². The summed E-state index contributed by atoms with van der Waals surface area (Å²) in [6, 6.07) is -1.10. The van der Waals surface area contributed by atoms with Gasteiger partial charge in [-0.15, -0.1) is 11.3 Å². The van der Waals surface area contributed by atoms with E-state index in [-0.39, 0.29) is 23.0 Å². The number of aryl methyl sites for hydroxylation is 1. The lowest BCUT2D eigenvalue weighted by molar-refractivity contribution is 0.0507. The Hall–Kier alpha value is -2.95. The first kappa shape index (κ1) is 22.3. The highest BCUT2D eigenvalue weighted by Crippen LogP contribution is 2.21. The molecule has 10 nitrogen and oxygen atoms in total. The maximum absolute atomic E-state index is 12.4. The fourth-order valence-corrected chi connectivity index (χ4v) is 3.08. The molecule has 0 spiro atoms. The third-order valence-corrected chi connectivity index (χ3v) is 4.62. The van der Waals surface area contributed by atoms with E-state index in [0.717, 1.165) is 0 Å². The quantitative estimate of drug-likeness (QED) is 0.641. The molecule has 0 aliphatic heterocycles. The van der Waals surface area contributed by atoms with Gasteiger partial charge in [-0.25, -0.2) is 19.6 Å². The first-order valence-corrected chi connectivity index (χ1v) is 9.71. The lowest BCUT2D eigenvalue weighted by Gasteiger charge is -2.21. The van der Waals surface area contributed by atoms with Crippen molar-refractivity contribution in [2.75, 3.05) is 0 Å². The highest BCUT2D eigenvalue weighted by Gasteiger charge is 2.24. The number of ether oxygens (including phenoxy) is 1. The molecule has 3 N–H and O–H groups in total. The minimum Gasteiger partial charge on any atom is -0.476 e. The van der Waals surface area contributed by atoms with E-state index in [9.17, 15) is 14.4 Å². The summed E-state index contributed by atoms with van der Waals surface area (Å²) >= 11 is 1.22. The number of nitrogens with zero attached hydrogens (tertiary/aromatic N) is 2. The van der Waals surface area contributed by atoms with Gasteiger partial charge in [0.05, 0.1) is 6.04 Å². The number of carboxylic acids is 1. The minimum atomic E-state index is -1.20. The Labute approximate surface area is 171 Å². The predicted molar refractivity (Wildman–Crippen MR) is 104 cm³/mol. The van der Waals surface area contributed by atoms with Crippen LogP contribution >= 0.6 is 11.3 Å². The summed E-state index contributed by atoms with van der Waals surface area (Å²) in [5, 5.41) is 16.5. The largest absolute Gasteiger partial charge is 0.476 e. The van der Waals surface area contributed by atoms with Crippen molar-refractivity contribution >= 4 is 29.3 Å². The first-order chi connectivity index (χ1) is 13.4. The van der Waals surface area contributed by atoms with Crippen molar-refractivity contribution in [2.45, 2.75) is 59.2 Å². The third kappa shape index (κ3) is 6.01.